The fourth-order valence-corrected chi connectivity index (χ4v) is 2.86. The third-order valence-corrected chi connectivity index (χ3v) is 4.39. The van der Waals surface area contributed by atoms with Crippen LogP contribution in [-0.2, 0) is 11.2 Å². The second-order valence-corrected chi connectivity index (χ2v) is 6.61. The fourth-order valence-electron chi connectivity index (χ4n) is 2.86. The first kappa shape index (κ1) is 20.3. The molecule has 0 amide bonds. The molecular formula is C22H25N5O2. The number of esters is 1. The van der Waals surface area contributed by atoms with Crippen LogP contribution in [0.1, 0.15) is 28.5 Å². The Bertz CT molecular complexity index is 962. The highest BCUT2D eigenvalue weighted by Gasteiger charge is 2.14. The molecule has 0 aliphatic rings. The Kier molecular flexibility index (Phi) is 6.73. The number of carbonyl (C=O) groups excluding carboxylic acids is 1. The number of anilines is 3. The summed E-state index contributed by atoms with van der Waals surface area (Å²) in [6.07, 6.45) is 4.48. The number of hydrogen-bond acceptors (Lipinski definition) is 7. The van der Waals surface area contributed by atoms with Gasteiger partial charge >= 0.3 is 5.97 Å². The number of carbonyl (C=O) groups is 1. The Morgan fingerprint density at radius 3 is 2.66 bits per heavy atom. The maximum atomic E-state index is 12.2. The van der Waals surface area contributed by atoms with E-state index in [0.717, 1.165) is 24.5 Å². The summed E-state index contributed by atoms with van der Waals surface area (Å²) in [5.74, 6) is 0.869. The Labute approximate surface area is 170 Å². The lowest BCUT2D eigenvalue weighted by Gasteiger charge is -2.19. The van der Waals surface area contributed by atoms with E-state index in [1.165, 1.54) is 5.56 Å². The molecule has 2 aromatic heterocycles. The number of ether oxygens (including phenoxy) is 1. The van der Waals surface area contributed by atoms with Crippen LogP contribution in [-0.4, -0.2) is 41.1 Å². The highest BCUT2D eigenvalue weighted by molar-refractivity contribution is 5.96. The Morgan fingerprint density at radius 2 is 1.90 bits per heavy atom. The second-order valence-electron chi connectivity index (χ2n) is 6.61. The van der Waals surface area contributed by atoms with E-state index in [9.17, 15) is 4.79 Å². The summed E-state index contributed by atoms with van der Waals surface area (Å²) in [5, 5.41) is 3.16. The zero-order valence-corrected chi connectivity index (χ0v) is 16.9. The van der Waals surface area contributed by atoms with E-state index in [1.54, 1.807) is 31.5 Å². The number of aryl methyl sites for hydroxylation is 1. The number of aromatic nitrogens is 3. The molecule has 3 aromatic rings. The molecular weight excluding hydrogens is 366 g/mol. The van der Waals surface area contributed by atoms with E-state index in [1.807, 2.05) is 44.3 Å². The molecule has 2 heterocycles. The summed E-state index contributed by atoms with van der Waals surface area (Å²) in [7, 11) is 2.00. The first-order valence-electron chi connectivity index (χ1n) is 9.55. The van der Waals surface area contributed by atoms with Gasteiger partial charge in [0.25, 0.3) is 0 Å². The van der Waals surface area contributed by atoms with Gasteiger partial charge in [0.15, 0.2) is 0 Å². The topological polar surface area (TPSA) is 80.2 Å². The minimum absolute atomic E-state index is 0.320. The lowest BCUT2D eigenvalue weighted by molar-refractivity contribution is 0.0527. The van der Waals surface area contributed by atoms with Crippen LogP contribution in [0.2, 0.25) is 0 Å². The van der Waals surface area contributed by atoms with Crippen molar-refractivity contribution in [2.45, 2.75) is 20.3 Å². The zero-order valence-electron chi connectivity index (χ0n) is 16.9. The smallest absolute Gasteiger partial charge is 0.340 e. The SMILES string of the molecule is CCOC(=O)c1ccccc1Nc1nc(C)cc(N(C)CCc2ccncc2)n1. The van der Waals surface area contributed by atoms with Gasteiger partial charge in [0.2, 0.25) is 5.95 Å². The van der Waals surface area contributed by atoms with Gasteiger partial charge in [-0.2, -0.15) is 4.98 Å². The maximum absolute atomic E-state index is 12.2. The van der Waals surface area contributed by atoms with Crippen LogP contribution < -0.4 is 10.2 Å². The predicted octanol–water partition coefficient (Wildman–Crippen LogP) is 3.78. The maximum Gasteiger partial charge on any atom is 0.340 e. The average molecular weight is 391 g/mol. The monoisotopic (exact) mass is 391 g/mol. The molecule has 1 aromatic carbocycles. The number of likely N-dealkylation sites (N-methyl/N-ethyl adjacent to an activating group) is 1. The highest BCUT2D eigenvalue weighted by Crippen LogP contribution is 2.22. The van der Waals surface area contributed by atoms with Gasteiger partial charge in [0, 0.05) is 37.7 Å². The summed E-state index contributed by atoms with van der Waals surface area (Å²) in [6.45, 7) is 4.83. The number of benzene rings is 1. The lowest BCUT2D eigenvalue weighted by Crippen LogP contribution is -2.22. The second kappa shape index (κ2) is 9.64. The van der Waals surface area contributed by atoms with Gasteiger partial charge in [-0.1, -0.05) is 12.1 Å². The van der Waals surface area contributed by atoms with Crippen molar-refractivity contribution in [1.29, 1.82) is 0 Å². The molecule has 0 unspecified atom stereocenters. The molecule has 0 atom stereocenters. The van der Waals surface area contributed by atoms with Gasteiger partial charge in [-0.05, 0) is 50.1 Å². The summed E-state index contributed by atoms with van der Waals surface area (Å²) < 4.78 is 5.13. The molecule has 0 fully saturated rings. The average Bonchev–Trinajstić information content (AvgIpc) is 2.73. The van der Waals surface area contributed by atoms with Gasteiger partial charge in [0.1, 0.15) is 5.82 Å². The molecule has 0 saturated carbocycles. The van der Waals surface area contributed by atoms with Crippen LogP contribution in [0.5, 0.6) is 0 Å². The first-order chi connectivity index (χ1) is 14.1. The Hall–Kier alpha value is -3.48. The summed E-state index contributed by atoms with van der Waals surface area (Å²) in [4.78, 5) is 27.4. The van der Waals surface area contributed by atoms with Crippen LogP contribution in [0.4, 0.5) is 17.5 Å². The van der Waals surface area contributed by atoms with E-state index in [0.29, 0.717) is 23.8 Å². The van der Waals surface area contributed by atoms with Crippen molar-refractivity contribution >= 4 is 23.4 Å². The van der Waals surface area contributed by atoms with Crippen LogP contribution in [0.25, 0.3) is 0 Å². The minimum atomic E-state index is -0.377. The van der Waals surface area contributed by atoms with Crippen molar-refractivity contribution < 1.29 is 9.53 Å². The van der Waals surface area contributed by atoms with E-state index in [-0.39, 0.29) is 5.97 Å². The van der Waals surface area contributed by atoms with Gasteiger partial charge in [-0.25, -0.2) is 9.78 Å². The van der Waals surface area contributed by atoms with Crippen LogP contribution >= 0.6 is 0 Å². The number of rotatable bonds is 8. The number of nitrogens with zero attached hydrogens (tertiary/aromatic N) is 4. The molecule has 7 heteroatoms. The third-order valence-electron chi connectivity index (χ3n) is 4.39. The van der Waals surface area contributed by atoms with Crippen molar-refractivity contribution in [3.63, 3.8) is 0 Å². The lowest BCUT2D eigenvalue weighted by atomic mass is 10.2. The molecule has 0 aliphatic carbocycles. The molecule has 1 N–H and O–H groups in total. The van der Waals surface area contributed by atoms with Crippen LogP contribution in [0.3, 0.4) is 0 Å². The molecule has 29 heavy (non-hydrogen) atoms. The molecule has 7 nitrogen and oxygen atoms in total. The summed E-state index contributed by atoms with van der Waals surface area (Å²) in [5.41, 5.74) is 3.12. The molecule has 0 bridgehead atoms. The van der Waals surface area contributed by atoms with E-state index >= 15 is 0 Å². The van der Waals surface area contributed by atoms with Crippen molar-refractivity contribution in [3.05, 3.63) is 71.7 Å². The molecule has 0 spiro atoms. The third kappa shape index (κ3) is 5.51. The first-order valence-corrected chi connectivity index (χ1v) is 9.55. The highest BCUT2D eigenvalue weighted by atomic mass is 16.5. The molecule has 0 radical (unpaired) electrons. The summed E-state index contributed by atoms with van der Waals surface area (Å²) >= 11 is 0. The van der Waals surface area contributed by atoms with Gasteiger partial charge < -0.3 is 15.0 Å². The van der Waals surface area contributed by atoms with Gasteiger partial charge in [0.05, 0.1) is 17.9 Å². The van der Waals surface area contributed by atoms with Crippen molar-refractivity contribution in [2.75, 3.05) is 30.4 Å². The zero-order chi connectivity index (χ0) is 20.6. The van der Waals surface area contributed by atoms with E-state index in [4.69, 9.17) is 4.74 Å². The van der Waals surface area contributed by atoms with Gasteiger partial charge in [-0.15, -0.1) is 0 Å². The summed E-state index contributed by atoms with van der Waals surface area (Å²) in [6, 6.07) is 13.1. The quantitative estimate of drug-likeness (QED) is 0.585. The fraction of sp³-hybridized carbons (Fsp3) is 0.273. The molecule has 150 valence electrons. The predicted molar refractivity (Wildman–Crippen MR) is 114 cm³/mol. The Balaban J connectivity index is 1.77. The minimum Gasteiger partial charge on any atom is -0.462 e. The number of pyridine rings is 1. The van der Waals surface area contributed by atoms with Crippen molar-refractivity contribution in [3.8, 4) is 0 Å². The number of nitrogens with one attached hydrogen (secondary N) is 1. The molecule has 3 rings (SSSR count). The normalized spacial score (nSPS) is 10.4. The van der Waals surface area contributed by atoms with Crippen molar-refractivity contribution in [1.82, 2.24) is 15.0 Å². The Morgan fingerprint density at radius 1 is 1.14 bits per heavy atom. The largest absolute Gasteiger partial charge is 0.462 e. The van der Waals surface area contributed by atoms with Gasteiger partial charge in [-0.3, -0.25) is 4.98 Å². The van der Waals surface area contributed by atoms with E-state index in [2.05, 4.69) is 25.2 Å². The van der Waals surface area contributed by atoms with Crippen molar-refractivity contribution in [2.24, 2.45) is 0 Å². The van der Waals surface area contributed by atoms with Crippen LogP contribution in [0, 0.1) is 6.92 Å². The number of para-hydroxylation sites is 1. The molecule has 0 aliphatic heterocycles. The standard InChI is InChI=1S/C22H25N5O2/c1-4-29-21(28)18-7-5-6-8-19(18)25-22-24-16(2)15-20(26-22)27(3)14-11-17-9-12-23-13-10-17/h5-10,12-13,15H,4,11,14H2,1-3H3,(H,24,25,26). The van der Waals surface area contributed by atoms with E-state index < -0.39 is 0 Å². The van der Waals surface area contributed by atoms with Crippen LogP contribution in [0.15, 0.2) is 54.9 Å². The molecule has 0 saturated heterocycles. The number of hydrogen-bond donors (Lipinski definition) is 1.